The van der Waals surface area contributed by atoms with Gasteiger partial charge in [0.15, 0.2) is 0 Å². The lowest BCUT2D eigenvalue weighted by molar-refractivity contribution is -0.129. The summed E-state index contributed by atoms with van der Waals surface area (Å²) in [7, 11) is 1.86. The third-order valence-corrected chi connectivity index (χ3v) is 6.96. The van der Waals surface area contributed by atoms with Gasteiger partial charge in [0.2, 0.25) is 5.91 Å². The van der Waals surface area contributed by atoms with Gasteiger partial charge in [-0.15, -0.1) is 0 Å². The third kappa shape index (κ3) is 11.6. The standard InChI is InChI=1S/C30H41ClN2O2.C2H6.CH2O2/c1-5-12-24-20-26(31)14-15-27(24)25-21-33(28-19-23(3)13-16-29(28)35-22-25)18-11-9-7-8-10-17-32(4)30(34)6-2;1-2;2-1-3/h8,10,13-16,19-20,25H,5-7,9,11-12,17-18,21-22H2,1-4H3;1-2H3;1H,(H,2,3)/b10-8+;;. The maximum Gasteiger partial charge on any atom is 0.290 e. The molecule has 1 aliphatic rings. The average Bonchev–Trinajstić information content (AvgIpc) is 3.13. The number of ether oxygens (including phenoxy) is 1. The molecule has 6 nitrogen and oxygen atoms in total. The predicted molar refractivity (Wildman–Crippen MR) is 168 cm³/mol. The van der Waals surface area contributed by atoms with Crippen LogP contribution in [-0.2, 0) is 16.0 Å². The summed E-state index contributed by atoms with van der Waals surface area (Å²) in [6.45, 7) is 13.3. The number of fused-ring (bicyclic) bond motifs is 1. The van der Waals surface area contributed by atoms with Crippen LogP contribution in [0.5, 0.6) is 5.75 Å². The van der Waals surface area contributed by atoms with E-state index in [-0.39, 0.29) is 12.4 Å². The van der Waals surface area contributed by atoms with Crippen molar-refractivity contribution in [2.45, 2.75) is 79.1 Å². The minimum Gasteiger partial charge on any atom is -0.491 e. The Labute approximate surface area is 247 Å². The summed E-state index contributed by atoms with van der Waals surface area (Å²) < 4.78 is 6.36. The fourth-order valence-corrected chi connectivity index (χ4v) is 4.94. The number of hydrogen-bond acceptors (Lipinski definition) is 4. The zero-order chi connectivity index (χ0) is 29.9. The van der Waals surface area contributed by atoms with E-state index in [1.54, 1.807) is 4.90 Å². The Hall–Kier alpha value is -2.99. The first kappa shape index (κ1) is 35.0. The van der Waals surface area contributed by atoms with Gasteiger partial charge in [-0.05, 0) is 73.6 Å². The zero-order valence-corrected chi connectivity index (χ0v) is 26.0. The summed E-state index contributed by atoms with van der Waals surface area (Å²) in [5.41, 5.74) is 5.16. The van der Waals surface area contributed by atoms with E-state index in [1.165, 1.54) is 22.4 Å². The lowest BCUT2D eigenvalue weighted by Gasteiger charge is -2.28. The van der Waals surface area contributed by atoms with E-state index in [2.05, 4.69) is 61.2 Å². The summed E-state index contributed by atoms with van der Waals surface area (Å²) in [6.07, 6.45) is 10.3. The molecule has 0 aliphatic carbocycles. The lowest BCUT2D eigenvalue weighted by Crippen LogP contribution is -2.30. The van der Waals surface area contributed by atoms with Crippen molar-refractivity contribution in [3.05, 3.63) is 70.3 Å². The zero-order valence-electron chi connectivity index (χ0n) is 25.3. The monoisotopic (exact) mass is 572 g/mol. The molecule has 0 radical (unpaired) electrons. The van der Waals surface area contributed by atoms with Gasteiger partial charge >= 0.3 is 0 Å². The lowest BCUT2D eigenvalue weighted by atomic mass is 9.92. The van der Waals surface area contributed by atoms with E-state index in [4.69, 9.17) is 26.2 Å². The van der Waals surface area contributed by atoms with Crippen molar-refractivity contribution in [1.29, 1.82) is 0 Å². The molecule has 0 bridgehead atoms. The number of carbonyl (C=O) groups is 2. The molecule has 1 aliphatic heterocycles. The smallest absolute Gasteiger partial charge is 0.290 e. The molecule has 7 heteroatoms. The summed E-state index contributed by atoms with van der Waals surface area (Å²) in [4.78, 5) is 24.3. The molecule has 0 saturated carbocycles. The normalized spacial score (nSPS) is 14.1. The number of nitrogens with zero attached hydrogens (tertiary/aromatic N) is 2. The number of carbonyl (C=O) groups excluding carboxylic acids is 1. The van der Waals surface area contributed by atoms with Crippen LogP contribution in [0.15, 0.2) is 48.6 Å². The van der Waals surface area contributed by atoms with Crippen molar-refractivity contribution in [3.8, 4) is 5.75 Å². The molecule has 0 fully saturated rings. The Kier molecular flexibility index (Phi) is 17.5. The number of carboxylic acid groups (broad SMARTS) is 1. The minimum absolute atomic E-state index is 0.185. The predicted octanol–water partition coefficient (Wildman–Crippen LogP) is 7.91. The number of hydrogen-bond donors (Lipinski definition) is 1. The average molecular weight is 573 g/mol. The maximum absolute atomic E-state index is 11.7. The molecular weight excluding hydrogens is 524 g/mol. The van der Waals surface area contributed by atoms with Crippen molar-refractivity contribution in [2.24, 2.45) is 0 Å². The molecule has 1 heterocycles. The third-order valence-electron chi connectivity index (χ3n) is 6.72. The first-order valence-electron chi connectivity index (χ1n) is 14.6. The highest BCUT2D eigenvalue weighted by Crippen LogP contribution is 2.37. The van der Waals surface area contributed by atoms with Gasteiger partial charge in [-0.1, -0.05) is 70.0 Å². The fourth-order valence-electron chi connectivity index (χ4n) is 4.75. The van der Waals surface area contributed by atoms with Crippen LogP contribution >= 0.6 is 11.6 Å². The van der Waals surface area contributed by atoms with E-state index in [1.807, 2.05) is 33.9 Å². The van der Waals surface area contributed by atoms with Gasteiger partial charge in [0, 0.05) is 44.0 Å². The molecular formula is C33H49ClN2O4. The van der Waals surface area contributed by atoms with Crippen molar-refractivity contribution < 1.29 is 19.4 Å². The molecule has 0 saturated heterocycles. The van der Waals surface area contributed by atoms with Crippen LogP contribution in [0.3, 0.4) is 0 Å². The summed E-state index contributed by atoms with van der Waals surface area (Å²) in [5, 5.41) is 7.70. The van der Waals surface area contributed by atoms with E-state index in [0.29, 0.717) is 25.5 Å². The second kappa shape index (κ2) is 20.0. The van der Waals surface area contributed by atoms with Crippen molar-refractivity contribution in [1.82, 2.24) is 4.90 Å². The molecule has 0 aromatic heterocycles. The summed E-state index contributed by atoms with van der Waals surface area (Å²) in [5.74, 6) is 1.46. The molecule has 1 atom stereocenters. The number of amides is 1. The Morgan fingerprint density at radius 3 is 2.55 bits per heavy atom. The topological polar surface area (TPSA) is 70.1 Å². The van der Waals surface area contributed by atoms with Gasteiger partial charge in [-0.3, -0.25) is 9.59 Å². The number of halogens is 1. The summed E-state index contributed by atoms with van der Waals surface area (Å²) >= 11 is 6.34. The van der Waals surface area contributed by atoms with E-state index < -0.39 is 0 Å². The van der Waals surface area contributed by atoms with Crippen molar-refractivity contribution in [2.75, 3.05) is 38.2 Å². The number of allylic oxidation sites excluding steroid dienone is 1. The molecule has 1 N–H and O–H groups in total. The first-order valence-corrected chi connectivity index (χ1v) is 15.0. The van der Waals surface area contributed by atoms with E-state index >= 15 is 0 Å². The second-order valence-electron chi connectivity index (χ2n) is 9.72. The first-order chi connectivity index (χ1) is 19.3. The Morgan fingerprint density at radius 2 is 1.88 bits per heavy atom. The van der Waals surface area contributed by atoms with E-state index in [0.717, 1.165) is 56.0 Å². The van der Waals surface area contributed by atoms with Crippen LogP contribution in [0, 0.1) is 6.92 Å². The SMILES string of the molecule is CC.CCCc1cc(Cl)ccc1C1COc2ccc(C)cc2N(CCCC/C=C/CN(C)C(=O)CC)C1.O=CO. The minimum atomic E-state index is -0.250. The van der Waals surface area contributed by atoms with Crippen LogP contribution < -0.4 is 9.64 Å². The van der Waals surface area contributed by atoms with Gasteiger partial charge in [0.05, 0.1) is 12.3 Å². The number of likely N-dealkylation sites (N-methyl/N-ethyl adjacent to an activating group) is 1. The number of anilines is 1. The van der Waals surface area contributed by atoms with Gasteiger partial charge in [0.1, 0.15) is 5.75 Å². The van der Waals surface area contributed by atoms with Gasteiger partial charge < -0.3 is 19.6 Å². The quantitative estimate of drug-likeness (QED) is 0.168. The molecule has 1 unspecified atom stereocenters. The van der Waals surface area contributed by atoms with E-state index in [9.17, 15) is 4.79 Å². The highest BCUT2D eigenvalue weighted by molar-refractivity contribution is 6.30. The Balaban J connectivity index is 0.00000150. The highest BCUT2D eigenvalue weighted by atomic mass is 35.5. The highest BCUT2D eigenvalue weighted by Gasteiger charge is 2.25. The number of benzene rings is 2. The van der Waals surface area contributed by atoms with Crippen LogP contribution in [-0.4, -0.2) is 55.7 Å². The Bertz CT molecular complexity index is 1060. The number of rotatable bonds is 11. The van der Waals surface area contributed by atoms with Crippen LogP contribution in [0.25, 0.3) is 0 Å². The van der Waals surface area contributed by atoms with Gasteiger partial charge in [-0.25, -0.2) is 0 Å². The Morgan fingerprint density at radius 1 is 1.15 bits per heavy atom. The molecule has 0 spiro atoms. The van der Waals surface area contributed by atoms with Gasteiger partial charge in [-0.2, -0.15) is 0 Å². The molecule has 222 valence electrons. The maximum atomic E-state index is 11.7. The van der Waals surface area contributed by atoms with Crippen molar-refractivity contribution >= 4 is 29.7 Å². The number of aryl methyl sites for hydroxylation is 2. The summed E-state index contributed by atoms with van der Waals surface area (Å²) in [6, 6.07) is 12.9. The molecule has 1 amide bonds. The fraction of sp³-hybridized carbons (Fsp3) is 0.515. The number of unbranched alkanes of at least 4 members (excludes halogenated alkanes) is 2. The molecule has 40 heavy (non-hydrogen) atoms. The van der Waals surface area contributed by atoms with Gasteiger partial charge in [0.25, 0.3) is 6.47 Å². The molecule has 3 rings (SSSR count). The van der Waals surface area contributed by atoms with Crippen LogP contribution in [0.4, 0.5) is 5.69 Å². The van der Waals surface area contributed by atoms with Crippen molar-refractivity contribution in [3.63, 3.8) is 0 Å². The molecule has 2 aromatic carbocycles. The largest absolute Gasteiger partial charge is 0.491 e. The van der Waals surface area contributed by atoms with Crippen LogP contribution in [0.1, 0.15) is 82.4 Å². The molecule has 2 aromatic rings. The van der Waals surface area contributed by atoms with Crippen LogP contribution in [0.2, 0.25) is 5.02 Å². The second-order valence-corrected chi connectivity index (χ2v) is 10.2.